The molecule has 2 aromatic carbocycles. The van der Waals surface area contributed by atoms with Crippen molar-refractivity contribution >= 4 is 22.7 Å². The van der Waals surface area contributed by atoms with E-state index >= 15 is 4.39 Å². The highest BCUT2D eigenvalue weighted by molar-refractivity contribution is 6.01. The molecule has 2 amide bonds. The number of carbonyl (C=O) groups is 2. The third-order valence-corrected chi connectivity index (χ3v) is 7.93. The van der Waals surface area contributed by atoms with Gasteiger partial charge in [0.1, 0.15) is 5.82 Å². The number of piperidine rings is 2. The quantitative estimate of drug-likeness (QED) is 0.527. The summed E-state index contributed by atoms with van der Waals surface area (Å²) in [7, 11) is 0. The first kappa shape index (κ1) is 25.0. The number of aliphatic hydroxyl groups is 1. The normalized spacial score (nSPS) is 24.0. The molecule has 2 saturated heterocycles. The fourth-order valence-corrected chi connectivity index (χ4v) is 5.71. The minimum atomic E-state index is -1.41. The van der Waals surface area contributed by atoms with E-state index in [-0.39, 0.29) is 23.3 Å². The van der Waals surface area contributed by atoms with Crippen LogP contribution in [0.3, 0.4) is 0 Å². The minimum absolute atomic E-state index is 0.226. The minimum Gasteiger partial charge on any atom is -0.384 e. The van der Waals surface area contributed by atoms with E-state index < -0.39 is 28.7 Å². The van der Waals surface area contributed by atoms with Gasteiger partial charge in [-0.25, -0.2) is 4.39 Å². The summed E-state index contributed by atoms with van der Waals surface area (Å²) in [5.74, 6) is -1.81. The van der Waals surface area contributed by atoms with Crippen LogP contribution in [0.1, 0.15) is 61.3 Å². The molecule has 8 heteroatoms. The summed E-state index contributed by atoms with van der Waals surface area (Å²) in [6.45, 7) is 5.69. The van der Waals surface area contributed by atoms with Crippen LogP contribution in [0.25, 0.3) is 10.9 Å². The van der Waals surface area contributed by atoms with Gasteiger partial charge in [-0.05, 0) is 48.2 Å². The Kier molecular flexibility index (Phi) is 6.30. The van der Waals surface area contributed by atoms with Crippen molar-refractivity contribution in [3.63, 3.8) is 0 Å². The molecular formula is C29H29FN4O3. The molecular weight excluding hydrogens is 471 g/mol. The molecule has 2 unspecified atom stereocenters. The highest BCUT2D eigenvalue weighted by atomic mass is 19.1. The molecule has 2 fully saturated rings. The first-order chi connectivity index (χ1) is 17.6. The molecule has 3 heterocycles. The van der Waals surface area contributed by atoms with Gasteiger partial charge in [-0.2, -0.15) is 5.26 Å². The number of benzene rings is 2. The van der Waals surface area contributed by atoms with Crippen LogP contribution in [0, 0.1) is 22.6 Å². The van der Waals surface area contributed by atoms with Crippen molar-refractivity contribution in [3.8, 4) is 6.07 Å². The van der Waals surface area contributed by atoms with Crippen molar-refractivity contribution in [3.05, 3.63) is 76.7 Å². The second kappa shape index (κ2) is 9.33. The first-order valence-corrected chi connectivity index (χ1v) is 12.5. The third-order valence-electron chi connectivity index (χ3n) is 7.93. The number of nitrogens with zero attached hydrogens (tertiary/aromatic N) is 3. The number of aromatic nitrogens is 1. The zero-order valence-electron chi connectivity index (χ0n) is 20.9. The summed E-state index contributed by atoms with van der Waals surface area (Å²) < 4.78 is 16.1. The number of nitrogens with one attached hydrogen (secondary N) is 1. The molecule has 0 saturated carbocycles. The number of carbonyl (C=O) groups excluding carboxylic acids is 2. The fraction of sp³-hybridized carbons (Fsp3) is 0.379. The summed E-state index contributed by atoms with van der Waals surface area (Å²) in [6, 6.07) is 14.5. The summed E-state index contributed by atoms with van der Waals surface area (Å²) in [6.07, 6.45) is 2.48. The lowest BCUT2D eigenvalue weighted by atomic mass is 9.66. The predicted molar refractivity (Wildman–Crippen MR) is 136 cm³/mol. The Morgan fingerprint density at radius 1 is 1.22 bits per heavy atom. The van der Waals surface area contributed by atoms with Gasteiger partial charge in [-0.3, -0.25) is 24.8 Å². The number of pyridine rings is 1. The van der Waals surface area contributed by atoms with Gasteiger partial charge in [-0.15, -0.1) is 0 Å². The predicted octanol–water partition coefficient (Wildman–Crippen LogP) is 3.89. The van der Waals surface area contributed by atoms with Crippen LogP contribution in [-0.2, 0) is 21.7 Å². The maximum Gasteiger partial charge on any atom is 0.234 e. The highest BCUT2D eigenvalue weighted by Gasteiger charge is 2.50. The molecule has 2 aliphatic rings. The molecule has 0 bridgehead atoms. The lowest BCUT2D eigenvalue weighted by Crippen LogP contribution is -2.55. The standard InChI is InChI=1S/C29H29FN4O3/c1-28(2)17-34(16-19-5-3-18(14-31)4-6-19)12-11-29(28,37)23-8-9-24-22(26(23)30)13-20(15-32-24)21-7-10-25(35)33-27(21)36/h3-6,8-9,13,15,21,37H,7,10-12,16-17H2,1-2H3,(H,33,35,36). The average molecular weight is 501 g/mol. The number of hydrogen-bond donors (Lipinski definition) is 2. The molecule has 1 aromatic heterocycles. The Morgan fingerprint density at radius 3 is 2.65 bits per heavy atom. The maximum absolute atomic E-state index is 16.1. The van der Waals surface area contributed by atoms with Crippen LogP contribution in [0.4, 0.5) is 4.39 Å². The van der Waals surface area contributed by atoms with Gasteiger partial charge in [-0.1, -0.05) is 32.0 Å². The highest BCUT2D eigenvalue weighted by Crippen LogP contribution is 2.48. The molecule has 2 aliphatic heterocycles. The number of rotatable bonds is 4. The molecule has 0 aliphatic carbocycles. The molecule has 0 radical (unpaired) electrons. The number of nitriles is 1. The van der Waals surface area contributed by atoms with Crippen molar-refractivity contribution in [2.24, 2.45) is 5.41 Å². The number of imide groups is 1. The number of halogens is 1. The van der Waals surface area contributed by atoms with E-state index in [9.17, 15) is 14.7 Å². The second-order valence-electron chi connectivity index (χ2n) is 10.8. The topological polar surface area (TPSA) is 106 Å². The van der Waals surface area contributed by atoms with Crippen molar-refractivity contribution in [2.75, 3.05) is 13.1 Å². The van der Waals surface area contributed by atoms with Crippen LogP contribution in [0.15, 0.2) is 48.7 Å². The Bertz CT molecular complexity index is 1430. The second-order valence-corrected chi connectivity index (χ2v) is 10.8. The number of hydrogen-bond acceptors (Lipinski definition) is 6. The monoisotopic (exact) mass is 500 g/mol. The zero-order chi connectivity index (χ0) is 26.4. The number of fused-ring (bicyclic) bond motifs is 1. The van der Waals surface area contributed by atoms with Crippen molar-refractivity contribution in [1.29, 1.82) is 5.26 Å². The first-order valence-electron chi connectivity index (χ1n) is 12.5. The van der Waals surface area contributed by atoms with E-state index in [4.69, 9.17) is 5.26 Å². The van der Waals surface area contributed by atoms with Crippen LogP contribution in [0.5, 0.6) is 0 Å². The van der Waals surface area contributed by atoms with E-state index in [1.165, 1.54) is 0 Å². The van der Waals surface area contributed by atoms with E-state index in [0.717, 1.165) is 5.56 Å². The van der Waals surface area contributed by atoms with E-state index in [1.54, 1.807) is 36.5 Å². The van der Waals surface area contributed by atoms with Gasteiger partial charge in [0.05, 0.1) is 28.7 Å². The number of likely N-dealkylation sites (tertiary alicyclic amines) is 1. The van der Waals surface area contributed by atoms with Gasteiger partial charge in [0.15, 0.2) is 0 Å². The molecule has 2 N–H and O–H groups in total. The van der Waals surface area contributed by atoms with Crippen LogP contribution >= 0.6 is 0 Å². The number of amides is 2. The summed E-state index contributed by atoms with van der Waals surface area (Å²) in [4.78, 5) is 30.5. The molecule has 7 nitrogen and oxygen atoms in total. The largest absolute Gasteiger partial charge is 0.384 e. The Labute approximate surface area is 214 Å². The third kappa shape index (κ3) is 4.50. The Balaban J connectivity index is 1.43. The van der Waals surface area contributed by atoms with Crippen LogP contribution in [-0.4, -0.2) is 39.9 Å². The maximum atomic E-state index is 16.1. The van der Waals surface area contributed by atoms with Gasteiger partial charge >= 0.3 is 0 Å². The van der Waals surface area contributed by atoms with E-state index in [1.807, 2.05) is 26.0 Å². The summed E-state index contributed by atoms with van der Waals surface area (Å²) in [5, 5.41) is 23.5. The van der Waals surface area contributed by atoms with Crippen LogP contribution in [0.2, 0.25) is 0 Å². The molecule has 5 rings (SSSR count). The van der Waals surface area contributed by atoms with Crippen molar-refractivity contribution < 1.29 is 19.1 Å². The molecule has 37 heavy (non-hydrogen) atoms. The van der Waals surface area contributed by atoms with E-state index in [0.29, 0.717) is 49.1 Å². The smallest absolute Gasteiger partial charge is 0.234 e. The lowest BCUT2D eigenvalue weighted by Gasteiger charge is -2.50. The Hall–Kier alpha value is -3.67. The lowest BCUT2D eigenvalue weighted by molar-refractivity contribution is -0.134. The van der Waals surface area contributed by atoms with Crippen LogP contribution < -0.4 is 5.32 Å². The van der Waals surface area contributed by atoms with Gasteiger partial charge < -0.3 is 5.11 Å². The Morgan fingerprint density at radius 2 is 1.97 bits per heavy atom. The summed E-state index contributed by atoms with van der Waals surface area (Å²) in [5.41, 5.74) is 0.834. The van der Waals surface area contributed by atoms with Crippen molar-refractivity contribution in [1.82, 2.24) is 15.2 Å². The molecule has 2 atom stereocenters. The zero-order valence-corrected chi connectivity index (χ0v) is 20.9. The molecule has 190 valence electrons. The van der Waals surface area contributed by atoms with Gasteiger partial charge in [0, 0.05) is 48.6 Å². The van der Waals surface area contributed by atoms with Gasteiger partial charge in [0.2, 0.25) is 11.8 Å². The fourth-order valence-electron chi connectivity index (χ4n) is 5.71. The SMILES string of the molecule is CC1(C)CN(Cc2ccc(C#N)cc2)CCC1(O)c1ccc2ncc(C3CCC(=O)NC3=O)cc2c1F. The van der Waals surface area contributed by atoms with E-state index in [2.05, 4.69) is 21.3 Å². The molecule has 3 aromatic rings. The van der Waals surface area contributed by atoms with Crippen molar-refractivity contribution in [2.45, 2.75) is 51.2 Å². The summed E-state index contributed by atoms with van der Waals surface area (Å²) >= 11 is 0. The average Bonchev–Trinajstić information content (AvgIpc) is 2.87. The molecule has 0 spiro atoms. The van der Waals surface area contributed by atoms with Gasteiger partial charge in [0.25, 0.3) is 0 Å².